The van der Waals surface area contributed by atoms with Gasteiger partial charge in [-0.3, -0.25) is 24.1 Å². The van der Waals surface area contributed by atoms with Crippen LogP contribution in [-0.4, -0.2) is 113 Å². The average molecular weight is 949 g/mol. The molecule has 1 spiro atoms. The number of carbonyl (C=O) groups is 4. The van der Waals surface area contributed by atoms with Crippen LogP contribution in [0.15, 0.2) is 91.0 Å². The predicted octanol–water partition coefficient (Wildman–Crippen LogP) is 6.36. The highest BCUT2D eigenvalue weighted by atomic mass is 28.3. The number of hydrogen-bond donors (Lipinski definition) is 3. The van der Waals surface area contributed by atoms with Gasteiger partial charge in [0.2, 0.25) is 11.8 Å². The van der Waals surface area contributed by atoms with E-state index in [0.29, 0.717) is 86.7 Å². The van der Waals surface area contributed by atoms with Gasteiger partial charge in [0.1, 0.15) is 11.5 Å². The molecular formula is C53H68N4O10Si. The zero-order valence-corrected chi connectivity index (χ0v) is 41.4. The molecule has 3 aliphatic rings. The van der Waals surface area contributed by atoms with E-state index in [9.17, 15) is 24.6 Å². The average Bonchev–Trinajstić information content (AvgIpc) is 3.77. The first-order valence-corrected chi connectivity index (χ1v) is 27.1. The molecule has 0 radical (unpaired) electrons. The maximum absolute atomic E-state index is 15.7. The third-order valence-electron chi connectivity index (χ3n) is 14.2. The van der Waals surface area contributed by atoms with Crippen molar-refractivity contribution < 1.29 is 48.3 Å². The quantitative estimate of drug-likeness (QED) is 0.0456. The molecule has 1 saturated heterocycles. The number of hydrogen-bond acceptors (Lipinski definition) is 11. The van der Waals surface area contributed by atoms with Crippen molar-refractivity contribution in [2.24, 2.45) is 5.92 Å². The first-order valence-electron chi connectivity index (χ1n) is 24.0. The van der Waals surface area contributed by atoms with Crippen LogP contribution in [0.4, 0.5) is 17.1 Å². The molecule has 0 saturated carbocycles. The van der Waals surface area contributed by atoms with Gasteiger partial charge in [-0.2, -0.15) is 0 Å². The number of rotatable bonds is 22. The highest BCUT2D eigenvalue weighted by Gasteiger charge is 2.66. The van der Waals surface area contributed by atoms with Crippen molar-refractivity contribution in [2.45, 2.75) is 102 Å². The Morgan fingerprint density at radius 1 is 0.897 bits per heavy atom. The third-order valence-corrected chi connectivity index (χ3v) is 18.5. The number of fused-ring (bicyclic) bond motifs is 3. The van der Waals surface area contributed by atoms with Gasteiger partial charge >= 0.3 is 5.97 Å². The molecule has 3 heterocycles. The summed E-state index contributed by atoms with van der Waals surface area (Å²) in [6, 6.07) is 28.6. The summed E-state index contributed by atoms with van der Waals surface area (Å²) in [5.41, 5.74) is 2.58. The van der Waals surface area contributed by atoms with Crippen molar-refractivity contribution in [3.8, 4) is 11.5 Å². The molecule has 0 bridgehead atoms. The van der Waals surface area contributed by atoms with Gasteiger partial charge in [0.05, 0.1) is 65.4 Å². The van der Waals surface area contributed by atoms with E-state index in [1.54, 1.807) is 21.8 Å². The number of ether oxygens (including phenoxy) is 4. The van der Waals surface area contributed by atoms with Crippen LogP contribution < -0.4 is 29.8 Å². The Hall–Kier alpha value is -5.58. The lowest BCUT2D eigenvalue weighted by molar-refractivity contribution is -0.149. The lowest BCUT2D eigenvalue weighted by Crippen LogP contribution is -2.52. The number of unbranched alkanes of at least 4 members (excludes halogenated alkanes) is 2. The largest absolute Gasteiger partial charge is 0.497 e. The lowest BCUT2D eigenvalue weighted by Gasteiger charge is -2.37. The number of nitrogens with one attached hydrogen (secondary N) is 1. The van der Waals surface area contributed by atoms with Crippen molar-refractivity contribution >= 4 is 54.0 Å². The Bertz CT molecular complexity index is 2400. The second-order valence-electron chi connectivity index (χ2n) is 18.6. The number of benzene rings is 4. The third kappa shape index (κ3) is 10.2. The van der Waals surface area contributed by atoms with Gasteiger partial charge in [-0.05, 0) is 111 Å². The molecule has 7 rings (SSSR count). The Labute approximate surface area is 401 Å². The number of methoxy groups -OCH3 is 2. The van der Waals surface area contributed by atoms with E-state index in [1.165, 1.54) is 7.11 Å². The summed E-state index contributed by atoms with van der Waals surface area (Å²) in [6.07, 6.45) is 2.25. The topological polar surface area (TPSA) is 167 Å². The monoisotopic (exact) mass is 948 g/mol. The highest BCUT2D eigenvalue weighted by Crippen LogP contribution is 2.60. The molecule has 364 valence electrons. The number of aliphatic hydroxyl groups excluding tert-OH is 2. The second kappa shape index (κ2) is 22.2. The van der Waals surface area contributed by atoms with E-state index < -0.39 is 31.7 Å². The molecule has 0 aliphatic carbocycles. The molecule has 15 heteroatoms. The van der Waals surface area contributed by atoms with Crippen LogP contribution >= 0.6 is 0 Å². The van der Waals surface area contributed by atoms with Gasteiger partial charge in [-0.15, -0.1) is 0 Å². The minimum Gasteiger partial charge on any atom is -0.497 e. The van der Waals surface area contributed by atoms with Crippen LogP contribution in [-0.2, 0) is 47.2 Å². The van der Waals surface area contributed by atoms with Crippen LogP contribution in [0.2, 0.25) is 18.6 Å². The maximum Gasteiger partial charge on any atom is 0.305 e. The summed E-state index contributed by atoms with van der Waals surface area (Å²) < 4.78 is 23.8. The summed E-state index contributed by atoms with van der Waals surface area (Å²) in [5, 5.41) is 24.2. The Morgan fingerprint density at radius 3 is 2.32 bits per heavy atom. The second-order valence-corrected chi connectivity index (χ2v) is 23.3. The fraction of sp³-hybridized carbons (Fsp3) is 0.472. The summed E-state index contributed by atoms with van der Waals surface area (Å²) in [7, 11) is 0.308. The minimum atomic E-state index is -2.68. The van der Waals surface area contributed by atoms with Gasteiger partial charge in [0.25, 0.3) is 5.91 Å². The predicted molar refractivity (Wildman–Crippen MR) is 264 cm³/mol. The molecule has 1 unspecified atom stereocenters. The van der Waals surface area contributed by atoms with E-state index in [2.05, 4.69) is 37.5 Å². The van der Waals surface area contributed by atoms with Crippen LogP contribution in [0.1, 0.15) is 69.1 Å². The van der Waals surface area contributed by atoms with Gasteiger partial charge in [0.15, 0.2) is 5.60 Å². The number of esters is 1. The Morgan fingerprint density at radius 2 is 1.63 bits per heavy atom. The maximum atomic E-state index is 15.7. The zero-order chi connectivity index (χ0) is 48.6. The van der Waals surface area contributed by atoms with E-state index >= 15 is 4.79 Å². The fourth-order valence-electron chi connectivity index (χ4n) is 10.7. The van der Waals surface area contributed by atoms with Crippen LogP contribution in [0, 0.1) is 5.92 Å². The Kier molecular flexibility index (Phi) is 16.4. The molecule has 68 heavy (non-hydrogen) atoms. The fourth-order valence-corrected chi connectivity index (χ4v) is 14.8. The molecule has 14 nitrogen and oxygen atoms in total. The SMILES string of the molecule is CCOc1ccc2c(c1)CC(NCCCCO)C(=O)N2c1ccc2c(c1)[C@@]1(O[C@H](CC(=O)N(CCO)Cc3ccccc3)[C@@H]([Si](C)(C)c3ccc(OC)cc3)[C@@H]1C)C(=O)N2CCCCC(=O)OC. The minimum absolute atomic E-state index is 0.0264. The van der Waals surface area contributed by atoms with Crippen molar-refractivity contribution in [2.75, 3.05) is 63.5 Å². The van der Waals surface area contributed by atoms with Crippen molar-refractivity contribution in [3.05, 3.63) is 108 Å². The smallest absolute Gasteiger partial charge is 0.305 e. The number of amides is 3. The standard InChI is InChI=1S/C53H68N4O10Si/c1-7-66-41-21-25-45-38(31-41)32-44(54-26-12-14-29-58)51(62)57(45)39-18-24-46-43(33-39)53(52(63)56(46)27-13-11-17-49(61)65-4)36(2)50(68(5,6)42-22-19-40(64-3)20-23-42)47(67-53)34-48(60)55(28-30-59)35-37-15-9-8-10-16-37/h8-10,15-16,18-25,31,33,36,44,47,50,54,58-59H,7,11-14,17,26-30,32,34-35H2,1-6H3/t36-,44?,47+,50-,53+/m0/s1. The molecule has 1 fully saturated rings. The summed E-state index contributed by atoms with van der Waals surface area (Å²) in [6.45, 7) is 10.1. The van der Waals surface area contributed by atoms with Crippen molar-refractivity contribution in [3.63, 3.8) is 0 Å². The molecule has 3 amide bonds. The molecule has 4 aromatic rings. The summed E-state index contributed by atoms with van der Waals surface area (Å²) in [5.74, 6) is 0.0497. The zero-order valence-electron chi connectivity index (χ0n) is 40.4. The van der Waals surface area contributed by atoms with Crippen LogP contribution in [0.3, 0.4) is 0 Å². The number of anilines is 3. The molecule has 0 aromatic heterocycles. The number of carbonyl (C=O) groups excluding carboxylic acids is 4. The van der Waals surface area contributed by atoms with Crippen molar-refractivity contribution in [1.29, 1.82) is 0 Å². The van der Waals surface area contributed by atoms with Crippen LogP contribution in [0.25, 0.3) is 0 Å². The summed E-state index contributed by atoms with van der Waals surface area (Å²) in [4.78, 5) is 62.5. The van der Waals surface area contributed by atoms with E-state index in [1.807, 2.05) is 85.8 Å². The van der Waals surface area contributed by atoms with Gasteiger partial charge in [-0.1, -0.05) is 67.7 Å². The normalized spacial score (nSPS) is 20.9. The van der Waals surface area contributed by atoms with Gasteiger partial charge < -0.3 is 44.3 Å². The number of aliphatic hydroxyl groups is 2. The molecule has 4 aromatic carbocycles. The van der Waals surface area contributed by atoms with Crippen molar-refractivity contribution in [1.82, 2.24) is 10.2 Å². The van der Waals surface area contributed by atoms with E-state index in [0.717, 1.165) is 22.1 Å². The lowest BCUT2D eigenvalue weighted by atomic mass is 9.82. The molecular weight excluding hydrogens is 881 g/mol. The molecule has 5 atom stereocenters. The first-order chi connectivity index (χ1) is 32.8. The van der Waals surface area contributed by atoms with E-state index in [4.69, 9.17) is 18.9 Å². The highest BCUT2D eigenvalue weighted by molar-refractivity contribution is 6.91. The van der Waals surface area contributed by atoms with Crippen LogP contribution in [0.5, 0.6) is 11.5 Å². The molecule has 3 aliphatic heterocycles. The number of nitrogens with zero attached hydrogens (tertiary/aromatic N) is 3. The molecule has 3 N–H and O–H groups in total. The van der Waals surface area contributed by atoms with Gasteiger partial charge in [-0.25, -0.2) is 0 Å². The summed E-state index contributed by atoms with van der Waals surface area (Å²) >= 11 is 0. The van der Waals surface area contributed by atoms with E-state index in [-0.39, 0.29) is 61.8 Å². The Balaban J connectivity index is 1.35. The van der Waals surface area contributed by atoms with Gasteiger partial charge in [0, 0.05) is 49.8 Å². The first kappa shape index (κ1) is 50.3.